The van der Waals surface area contributed by atoms with Gasteiger partial charge in [0.2, 0.25) is 0 Å². The van der Waals surface area contributed by atoms with E-state index in [-0.39, 0.29) is 40.6 Å². The SMILES string of the molecule is C=C1C[C@H](CO[Si](C)(C)C(C)(C)C)O[C@H](C[C@]2(OC)O[C@H](C[C@H](CCOCc3ccccc3)O[Si](C)(C)C(C)(C)C)C[C@H](OCc3ccccc3)C2(C)C)C1. The van der Waals surface area contributed by atoms with Crippen LogP contribution in [0.1, 0.15) is 105 Å². The van der Waals surface area contributed by atoms with Crippen LogP contribution in [0.15, 0.2) is 72.8 Å². The predicted octanol–water partition coefficient (Wildman–Crippen LogP) is 11.6. The molecule has 0 aromatic heterocycles. The van der Waals surface area contributed by atoms with Gasteiger partial charge in [-0.05, 0) is 73.1 Å². The maximum atomic E-state index is 7.32. The minimum absolute atomic E-state index is 0.0465. The van der Waals surface area contributed by atoms with Crippen molar-refractivity contribution in [3.05, 3.63) is 83.9 Å². The number of methoxy groups -OCH3 is 1. The zero-order valence-corrected chi connectivity index (χ0v) is 38.8. The highest BCUT2D eigenvalue weighted by molar-refractivity contribution is 6.74. The number of hydrogen-bond acceptors (Lipinski definition) is 7. The van der Waals surface area contributed by atoms with Gasteiger partial charge in [-0.15, -0.1) is 0 Å². The summed E-state index contributed by atoms with van der Waals surface area (Å²) in [5, 5.41) is 0.191. The summed E-state index contributed by atoms with van der Waals surface area (Å²) >= 11 is 0. The Hall–Kier alpha value is -1.67. The molecule has 6 atom stereocenters. The fraction of sp³-hybridized carbons (Fsp3) is 0.696. The van der Waals surface area contributed by atoms with E-state index in [2.05, 4.69) is 137 Å². The zero-order valence-electron chi connectivity index (χ0n) is 36.8. The average molecular weight is 797 g/mol. The maximum absolute atomic E-state index is 7.32. The van der Waals surface area contributed by atoms with Gasteiger partial charge >= 0.3 is 0 Å². The van der Waals surface area contributed by atoms with Crippen LogP contribution in [-0.2, 0) is 45.8 Å². The molecule has 7 nitrogen and oxygen atoms in total. The summed E-state index contributed by atoms with van der Waals surface area (Å²) in [4.78, 5) is 0. The first-order chi connectivity index (χ1) is 25.6. The summed E-state index contributed by atoms with van der Waals surface area (Å²) in [7, 11) is -2.28. The van der Waals surface area contributed by atoms with E-state index in [1.165, 1.54) is 11.1 Å². The number of ether oxygens (including phenoxy) is 5. The molecule has 0 bridgehead atoms. The highest BCUT2D eigenvalue weighted by Crippen LogP contribution is 2.51. The van der Waals surface area contributed by atoms with Crippen molar-refractivity contribution < 1.29 is 32.5 Å². The molecule has 0 aliphatic carbocycles. The van der Waals surface area contributed by atoms with E-state index >= 15 is 0 Å². The van der Waals surface area contributed by atoms with E-state index in [9.17, 15) is 0 Å². The first-order valence-corrected chi connectivity index (χ1v) is 26.5. The quantitative estimate of drug-likeness (QED) is 0.0845. The minimum atomic E-state index is -2.12. The topological polar surface area (TPSA) is 64.6 Å². The third-order valence-corrected chi connectivity index (χ3v) is 22.1. The lowest BCUT2D eigenvalue weighted by molar-refractivity contribution is -0.363. The molecule has 2 aliphatic heterocycles. The van der Waals surface area contributed by atoms with Crippen molar-refractivity contribution in [1.82, 2.24) is 0 Å². The molecule has 0 N–H and O–H groups in total. The Kier molecular flexibility index (Phi) is 15.8. The Labute approximate surface area is 337 Å². The number of hydrogen-bond donors (Lipinski definition) is 0. The highest BCUT2D eigenvalue weighted by Gasteiger charge is 2.58. The second-order valence-electron chi connectivity index (χ2n) is 19.8. The zero-order chi connectivity index (χ0) is 40.7. The largest absolute Gasteiger partial charge is 0.414 e. The number of rotatable bonds is 18. The molecule has 2 heterocycles. The van der Waals surface area contributed by atoms with Crippen LogP contribution in [0.5, 0.6) is 0 Å². The van der Waals surface area contributed by atoms with E-state index in [1.54, 1.807) is 7.11 Å². The lowest BCUT2D eigenvalue weighted by Gasteiger charge is -2.56. The smallest absolute Gasteiger partial charge is 0.192 e. The normalized spacial score (nSPS) is 25.9. The summed E-state index contributed by atoms with van der Waals surface area (Å²) in [6.07, 6.45) is 3.81. The van der Waals surface area contributed by atoms with E-state index in [4.69, 9.17) is 32.5 Å². The van der Waals surface area contributed by atoms with Crippen LogP contribution >= 0.6 is 0 Å². The molecule has 2 saturated heterocycles. The van der Waals surface area contributed by atoms with Gasteiger partial charge in [-0.1, -0.05) is 128 Å². The summed E-state index contributed by atoms with van der Waals surface area (Å²) < 4.78 is 47.8. The Bertz CT molecular complexity index is 1470. The van der Waals surface area contributed by atoms with Gasteiger partial charge in [-0.2, -0.15) is 0 Å². The van der Waals surface area contributed by atoms with Crippen LogP contribution in [0.3, 0.4) is 0 Å². The lowest BCUT2D eigenvalue weighted by atomic mass is 9.70. The molecule has 4 rings (SSSR count). The fourth-order valence-corrected chi connectivity index (χ4v) is 9.80. The van der Waals surface area contributed by atoms with Gasteiger partial charge in [-0.3, -0.25) is 0 Å². The van der Waals surface area contributed by atoms with Gasteiger partial charge in [0.25, 0.3) is 0 Å². The second-order valence-corrected chi connectivity index (χ2v) is 29.4. The molecule has 0 unspecified atom stereocenters. The highest BCUT2D eigenvalue weighted by atomic mass is 28.4. The fourth-order valence-electron chi connectivity index (χ4n) is 7.37. The number of benzene rings is 2. The third-order valence-electron chi connectivity index (χ3n) is 13.1. The van der Waals surface area contributed by atoms with Gasteiger partial charge in [0.1, 0.15) is 0 Å². The molecular weight excluding hydrogens is 721 g/mol. The molecule has 0 spiro atoms. The standard InChI is InChI=1S/C46H76O7Si2/c1-35-27-40(51-41(28-35)34-50-54(11,12)43(2,3)4)31-46(47-10)45(8,9)42(49-33-37-23-19-16-20-24-37)30-39(52-46)29-38(53-55(13,14)44(5,6)7)25-26-48-32-36-21-17-15-18-22-36/h15-24,38-42H,1,25-34H2,2-14H3/t38-,39+,40-,41+,42-,46-/m0/s1. The van der Waals surface area contributed by atoms with Gasteiger partial charge in [0.15, 0.2) is 22.4 Å². The van der Waals surface area contributed by atoms with Crippen molar-refractivity contribution in [2.45, 2.75) is 180 Å². The van der Waals surface area contributed by atoms with Gasteiger partial charge < -0.3 is 32.5 Å². The molecule has 310 valence electrons. The van der Waals surface area contributed by atoms with Crippen LogP contribution in [0.4, 0.5) is 0 Å². The van der Waals surface area contributed by atoms with Crippen LogP contribution in [0.25, 0.3) is 0 Å². The lowest BCUT2D eigenvalue weighted by Crippen LogP contribution is -2.63. The minimum Gasteiger partial charge on any atom is -0.414 e. The van der Waals surface area contributed by atoms with E-state index in [1.807, 2.05) is 12.1 Å². The predicted molar refractivity (Wildman–Crippen MR) is 230 cm³/mol. The molecular formula is C46H76O7Si2. The van der Waals surface area contributed by atoms with Crippen molar-refractivity contribution in [2.75, 3.05) is 20.3 Å². The van der Waals surface area contributed by atoms with Gasteiger partial charge in [-0.25, -0.2) is 0 Å². The van der Waals surface area contributed by atoms with E-state index in [0.717, 1.165) is 37.7 Å². The van der Waals surface area contributed by atoms with Gasteiger partial charge in [0.05, 0.1) is 44.2 Å². The molecule has 2 aromatic rings. The molecule has 55 heavy (non-hydrogen) atoms. The Morgan fingerprint density at radius 1 is 0.800 bits per heavy atom. The molecule has 9 heteroatoms. The average Bonchev–Trinajstić information content (AvgIpc) is 3.09. The molecule has 0 amide bonds. The van der Waals surface area contributed by atoms with Crippen molar-refractivity contribution >= 4 is 16.6 Å². The van der Waals surface area contributed by atoms with Crippen molar-refractivity contribution in [2.24, 2.45) is 5.41 Å². The first kappa shape index (κ1) is 46.0. The summed E-state index contributed by atoms with van der Waals surface area (Å²) in [6, 6.07) is 20.8. The van der Waals surface area contributed by atoms with Crippen LogP contribution in [0.2, 0.25) is 36.3 Å². The maximum Gasteiger partial charge on any atom is 0.192 e. The van der Waals surface area contributed by atoms with E-state index < -0.39 is 27.8 Å². The molecule has 0 saturated carbocycles. The summed E-state index contributed by atoms with van der Waals surface area (Å²) in [5.41, 5.74) is 3.01. The van der Waals surface area contributed by atoms with Crippen LogP contribution in [-0.4, -0.2) is 73.3 Å². The Balaban J connectivity index is 1.59. The van der Waals surface area contributed by atoms with Crippen LogP contribution in [0, 0.1) is 5.41 Å². The Morgan fingerprint density at radius 3 is 1.93 bits per heavy atom. The van der Waals surface area contributed by atoms with E-state index in [0.29, 0.717) is 32.8 Å². The van der Waals surface area contributed by atoms with Crippen molar-refractivity contribution in [3.8, 4) is 0 Å². The molecule has 2 aliphatic rings. The molecule has 2 fully saturated rings. The van der Waals surface area contributed by atoms with Gasteiger partial charge in [0, 0.05) is 38.1 Å². The van der Waals surface area contributed by atoms with Crippen molar-refractivity contribution in [3.63, 3.8) is 0 Å². The Morgan fingerprint density at radius 2 is 1.36 bits per heavy atom. The monoisotopic (exact) mass is 797 g/mol. The van der Waals surface area contributed by atoms with Crippen molar-refractivity contribution in [1.29, 1.82) is 0 Å². The first-order valence-electron chi connectivity index (χ1n) is 20.7. The summed E-state index contributed by atoms with van der Waals surface area (Å²) in [5.74, 6) is -0.976. The van der Waals surface area contributed by atoms with Crippen LogP contribution < -0.4 is 0 Å². The third kappa shape index (κ3) is 12.4. The molecule has 2 aromatic carbocycles. The summed E-state index contributed by atoms with van der Waals surface area (Å²) in [6.45, 7) is 34.2. The molecule has 0 radical (unpaired) electrons. The second kappa shape index (κ2) is 18.9.